The lowest BCUT2D eigenvalue weighted by atomic mass is 9.95. The summed E-state index contributed by atoms with van der Waals surface area (Å²) in [4.78, 5) is 12.3. The van der Waals surface area contributed by atoms with Gasteiger partial charge in [0.2, 0.25) is 17.4 Å². The Bertz CT molecular complexity index is 1100. The second-order valence-corrected chi connectivity index (χ2v) is 9.32. The van der Waals surface area contributed by atoms with Gasteiger partial charge in [0.15, 0.2) is 23.5 Å². The number of nitrogen functional groups attached to an aromatic ring is 1. The van der Waals surface area contributed by atoms with Crippen LogP contribution in [0.4, 0.5) is 10.3 Å². The average Bonchev–Trinajstić information content (AvgIpc) is 3.00. The minimum Gasteiger partial charge on any atom is -0.476 e. The minimum absolute atomic E-state index is 0.100. The van der Waals surface area contributed by atoms with Crippen molar-refractivity contribution in [1.82, 2.24) is 19.5 Å². The molecule has 5 rings (SSSR count). The molecular weight excluding hydrogens is 424 g/mol. The van der Waals surface area contributed by atoms with E-state index in [4.69, 9.17) is 28.8 Å². The van der Waals surface area contributed by atoms with E-state index in [0.717, 1.165) is 0 Å². The highest BCUT2D eigenvalue weighted by Crippen LogP contribution is 2.82. The minimum atomic E-state index is -4.08. The van der Waals surface area contributed by atoms with E-state index in [0.29, 0.717) is 6.61 Å². The quantitative estimate of drug-likeness (QED) is 0.643. The van der Waals surface area contributed by atoms with Crippen LogP contribution in [0.25, 0.3) is 11.2 Å². The lowest BCUT2D eigenvalue weighted by Gasteiger charge is -2.31. The molecule has 3 aliphatic rings. The molecule has 4 heterocycles. The summed E-state index contributed by atoms with van der Waals surface area (Å²) < 4.78 is 56.4. The van der Waals surface area contributed by atoms with Crippen molar-refractivity contribution in [3.05, 3.63) is 6.33 Å². The zero-order valence-electron chi connectivity index (χ0n) is 16.6. The number of anilines is 1. The number of phosphoric ester groups is 1. The number of aliphatic hydroxyl groups is 1. The van der Waals surface area contributed by atoms with E-state index in [2.05, 4.69) is 15.0 Å². The fraction of sp³-hybridized carbons (Fsp3) is 0.688. The summed E-state index contributed by atoms with van der Waals surface area (Å²) >= 11 is 0. The Morgan fingerprint density at radius 3 is 2.87 bits per heavy atom. The molecule has 0 radical (unpaired) electrons. The van der Waals surface area contributed by atoms with Crippen LogP contribution in [0.3, 0.4) is 0 Å². The third-order valence-electron chi connectivity index (χ3n) is 5.42. The number of nitrogens with zero attached hydrogens (tertiary/aromatic N) is 4. The summed E-state index contributed by atoms with van der Waals surface area (Å²) in [5, 5.41) is 11.3. The molecule has 2 aliphatic heterocycles. The van der Waals surface area contributed by atoms with E-state index < -0.39 is 43.3 Å². The molecule has 6 atom stereocenters. The highest BCUT2D eigenvalue weighted by atomic mass is 31.2. The Morgan fingerprint density at radius 2 is 2.20 bits per heavy atom. The first kappa shape index (κ1) is 20.0. The Hall–Kier alpha value is -1.89. The van der Waals surface area contributed by atoms with Gasteiger partial charge in [-0.15, -0.1) is 0 Å². The van der Waals surface area contributed by atoms with E-state index in [1.807, 2.05) is 0 Å². The number of rotatable bonds is 5. The van der Waals surface area contributed by atoms with E-state index in [1.165, 1.54) is 17.8 Å². The maximum atomic E-state index is 15.6. The van der Waals surface area contributed by atoms with Gasteiger partial charge in [-0.1, -0.05) is 0 Å². The number of phosphoric acid groups is 1. The van der Waals surface area contributed by atoms with Gasteiger partial charge in [-0.05, 0) is 27.7 Å². The fourth-order valence-electron chi connectivity index (χ4n) is 4.20. The molecule has 2 aromatic rings. The zero-order valence-corrected chi connectivity index (χ0v) is 17.5. The van der Waals surface area contributed by atoms with Crippen LogP contribution >= 0.6 is 7.82 Å². The molecule has 1 spiro atoms. The molecule has 1 unspecified atom stereocenters. The zero-order chi connectivity index (χ0) is 21.7. The van der Waals surface area contributed by atoms with E-state index >= 15 is 4.39 Å². The van der Waals surface area contributed by atoms with Gasteiger partial charge in [0.05, 0.1) is 19.0 Å². The largest absolute Gasteiger partial charge is 0.476 e. The Balaban J connectivity index is 1.56. The van der Waals surface area contributed by atoms with Gasteiger partial charge in [-0.3, -0.25) is 18.1 Å². The SMILES string of the molecule is CCOc1nc(N)nc2c1ncn2[C@@H]1O[C@]2(F)C3O[P@@](=O)(OC(C)C)O[C@]32[C@@]1(C)O. The van der Waals surface area contributed by atoms with Gasteiger partial charge in [-0.25, -0.2) is 13.9 Å². The van der Waals surface area contributed by atoms with Crippen LogP contribution in [0.2, 0.25) is 0 Å². The summed E-state index contributed by atoms with van der Waals surface area (Å²) in [5.74, 6) is -2.49. The van der Waals surface area contributed by atoms with Gasteiger partial charge in [-0.2, -0.15) is 9.97 Å². The van der Waals surface area contributed by atoms with Crippen molar-refractivity contribution < 1.29 is 37.1 Å². The Morgan fingerprint density at radius 1 is 1.47 bits per heavy atom. The summed E-state index contributed by atoms with van der Waals surface area (Å²) in [5.41, 5.74) is 2.11. The Labute approximate surface area is 170 Å². The third-order valence-corrected chi connectivity index (χ3v) is 7.08. The second-order valence-electron chi connectivity index (χ2n) is 7.82. The number of ether oxygens (including phenoxy) is 2. The third kappa shape index (κ3) is 2.27. The molecule has 0 bridgehead atoms. The van der Waals surface area contributed by atoms with Gasteiger partial charge in [0, 0.05) is 0 Å². The predicted molar refractivity (Wildman–Crippen MR) is 98.0 cm³/mol. The molecule has 14 heteroatoms. The molecule has 2 aromatic heterocycles. The molecular formula is C16H21FN5O7P. The number of aromatic nitrogens is 4. The van der Waals surface area contributed by atoms with Crippen molar-refractivity contribution in [2.75, 3.05) is 12.3 Å². The molecule has 30 heavy (non-hydrogen) atoms. The maximum absolute atomic E-state index is 15.6. The van der Waals surface area contributed by atoms with Crippen LogP contribution < -0.4 is 10.5 Å². The van der Waals surface area contributed by atoms with Crippen molar-refractivity contribution in [2.24, 2.45) is 0 Å². The van der Waals surface area contributed by atoms with E-state index in [-0.39, 0.29) is 23.0 Å². The van der Waals surface area contributed by atoms with Crippen LogP contribution in [-0.2, 0) is 22.9 Å². The van der Waals surface area contributed by atoms with E-state index in [1.54, 1.807) is 20.8 Å². The molecule has 0 amide bonds. The number of fused-ring (bicyclic) bond motifs is 2. The van der Waals surface area contributed by atoms with Gasteiger partial charge >= 0.3 is 7.82 Å². The molecule has 2 saturated heterocycles. The lowest BCUT2D eigenvalue weighted by molar-refractivity contribution is -0.170. The topological polar surface area (TPSA) is 153 Å². The van der Waals surface area contributed by atoms with Crippen molar-refractivity contribution >= 4 is 24.9 Å². The van der Waals surface area contributed by atoms with Gasteiger partial charge in [0.1, 0.15) is 5.60 Å². The van der Waals surface area contributed by atoms with Gasteiger partial charge < -0.3 is 20.3 Å². The number of hydrogen-bond donors (Lipinski definition) is 2. The molecule has 164 valence electrons. The fourth-order valence-corrected chi connectivity index (χ4v) is 6.15. The summed E-state index contributed by atoms with van der Waals surface area (Å²) in [6.07, 6.45) is -1.97. The van der Waals surface area contributed by atoms with Crippen LogP contribution in [0.1, 0.15) is 33.9 Å². The molecule has 1 saturated carbocycles. The monoisotopic (exact) mass is 445 g/mol. The number of imidazole rings is 1. The summed E-state index contributed by atoms with van der Waals surface area (Å²) in [6.45, 7) is 6.62. The predicted octanol–water partition coefficient (Wildman–Crippen LogP) is 1.45. The Kier molecular flexibility index (Phi) is 3.92. The molecule has 12 nitrogen and oxygen atoms in total. The number of halogens is 1. The van der Waals surface area contributed by atoms with Crippen LogP contribution in [-0.4, -0.2) is 60.5 Å². The van der Waals surface area contributed by atoms with E-state index in [9.17, 15) is 9.67 Å². The molecule has 0 aromatic carbocycles. The molecule has 3 N–H and O–H groups in total. The second kappa shape index (κ2) is 5.87. The normalized spacial score (nSPS) is 42.0. The molecule has 1 aliphatic carbocycles. The first-order valence-electron chi connectivity index (χ1n) is 9.38. The van der Waals surface area contributed by atoms with Crippen molar-refractivity contribution in [3.63, 3.8) is 0 Å². The number of hydrogen-bond acceptors (Lipinski definition) is 11. The van der Waals surface area contributed by atoms with Crippen LogP contribution in [0, 0.1) is 0 Å². The van der Waals surface area contributed by atoms with Crippen molar-refractivity contribution in [2.45, 2.75) is 63.2 Å². The van der Waals surface area contributed by atoms with Crippen molar-refractivity contribution in [3.8, 4) is 5.88 Å². The van der Waals surface area contributed by atoms with Crippen LogP contribution in [0.5, 0.6) is 5.88 Å². The maximum Gasteiger partial charge on any atom is 0.476 e. The standard InChI is InChI=1S/C16H21FN5O7P/c1-5-25-10-8-9(20-13(18)21-10)22(6-19-8)12-14(4,23)15-11(16(15,17)26-12)28-30(24,29-15)27-7(2)3/h6-7,11-12,23H,5H2,1-4H3,(H2,18,20,21)/t11?,12-,14+,15+,16-,30-/m1/s1. The van der Waals surface area contributed by atoms with Crippen LogP contribution in [0.15, 0.2) is 6.33 Å². The van der Waals surface area contributed by atoms with Crippen molar-refractivity contribution in [1.29, 1.82) is 0 Å². The number of alkyl halides is 1. The smallest absolute Gasteiger partial charge is 0.476 e. The number of nitrogens with two attached hydrogens (primary N) is 1. The summed E-state index contributed by atoms with van der Waals surface area (Å²) in [6, 6.07) is 0. The molecule has 3 fully saturated rings. The van der Waals surface area contributed by atoms with Gasteiger partial charge in [0.25, 0.3) is 5.85 Å². The summed E-state index contributed by atoms with van der Waals surface area (Å²) in [7, 11) is -4.08. The first-order chi connectivity index (χ1) is 14.0. The highest BCUT2D eigenvalue weighted by Gasteiger charge is 3.01. The average molecular weight is 445 g/mol. The lowest BCUT2D eigenvalue weighted by Crippen LogP contribution is -2.48. The first-order valence-corrected chi connectivity index (χ1v) is 10.8. The highest BCUT2D eigenvalue weighted by molar-refractivity contribution is 7.49.